The summed E-state index contributed by atoms with van der Waals surface area (Å²) in [7, 11) is 0. The molecule has 1 N–H and O–H groups in total. The smallest absolute Gasteiger partial charge is 0.357 e. The van der Waals surface area contributed by atoms with Crippen LogP contribution in [0.1, 0.15) is 47.7 Å². The van der Waals surface area contributed by atoms with Crippen molar-refractivity contribution in [1.29, 1.82) is 0 Å². The van der Waals surface area contributed by atoms with Gasteiger partial charge < -0.3 is 4.98 Å². The van der Waals surface area contributed by atoms with Crippen molar-refractivity contribution in [3.63, 3.8) is 0 Å². The predicted molar refractivity (Wildman–Crippen MR) is 101 cm³/mol. The first-order valence-electron chi connectivity index (χ1n) is 9.40. The topological polar surface area (TPSA) is 19.0 Å². The van der Waals surface area contributed by atoms with Crippen molar-refractivity contribution in [2.24, 2.45) is 0 Å². The maximum absolute atomic E-state index is 12.9. The minimum Gasteiger partial charge on any atom is -0.357 e. The van der Waals surface area contributed by atoms with E-state index >= 15 is 0 Å². The minimum atomic E-state index is -4.29. The molecule has 0 aliphatic carbocycles. The zero-order valence-corrected chi connectivity index (χ0v) is 15.3. The number of halogens is 3. The van der Waals surface area contributed by atoms with Gasteiger partial charge in [0.05, 0.1) is 11.6 Å². The number of hydrogen-bond acceptors (Lipinski definition) is 1. The van der Waals surface area contributed by atoms with Crippen LogP contribution in [-0.2, 0) is 12.7 Å². The lowest BCUT2D eigenvalue weighted by molar-refractivity contribution is -0.137. The van der Waals surface area contributed by atoms with Crippen LogP contribution in [0.3, 0.4) is 0 Å². The molecule has 1 aromatic heterocycles. The third-order valence-corrected chi connectivity index (χ3v) is 5.57. The molecule has 1 fully saturated rings. The van der Waals surface area contributed by atoms with E-state index in [1.807, 2.05) is 12.1 Å². The molecule has 2 heterocycles. The van der Waals surface area contributed by atoms with Crippen molar-refractivity contribution >= 4 is 10.9 Å². The van der Waals surface area contributed by atoms with Crippen LogP contribution >= 0.6 is 0 Å². The summed E-state index contributed by atoms with van der Waals surface area (Å²) in [5, 5.41) is 1.20. The van der Waals surface area contributed by atoms with E-state index in [9.17, 15) is 13.2 Å². The fourth-order valence-electron chi connectivity index (χ4n) is 4.08. The van der Waals surface area contributed by atoms with E-state index in [0.29, 0.717) is 12.1 Å². The predicted octanol–water partition coefficient (Wildman–Crippen LogP) is 6.22. The zero-order valence-electron chi connectivity index (χ0n) is 15.3. The van der Waals surface area contributed by atoms with Crippen LogP contribution in [0, 0.1) is 6.92 Å². The average Bonchev–Trinajstić information content (AvgIpc) is 3.07. The van der Waals surface area contributed by atoms with E-state index < -0.39 is 11.7 Å². The van der Waals surface area contributed by atoms with Gasteiger partial charge in [-0.25, -0.2) is 0 Å². The summed E-state index contributed by atoms with van der Waals surface area (Å²) >= 11 is 0. The zero-order chi connectivity index (χ0) is 19.0. The summed E-state index contributed by atoms with van der Waals surface area (Å²) < 4.78 is 38.8. The Morgan fingerprint density at radius 2 is 1.89 bits per heavy atom. The van der Waals surface area contributed by atoms with Crippen molar-refractivity contribution in [3.8, 4) is 0 Å². The van der Waals surface area contributed by atoms with Crippen LogP contribution < -0.4 is 0 Å². The van der Waals surface area contributed by atoms with Crippen molar-refractivity contribution in [2.45, 2.75) is 44.9 Å². The Hall–Kier alpha value is -2.27. The molecule has 2 nitrogen and oxygen atoms in total. The lowest BCUT2D eigenvalue weighted by atomic mass is 9.97. The number of nitrogens with zero attached hydrogens (tertiary/aromatic N) is 1. The van der Waals surface area contributed by atoms with Crippen LogP contribution in [-0.4, -0.2) is 16.4 Å². The molecule has 1 saturated heterocycles. The van der Waals surface area contributed by atoms with Gasteiger partial charge in [-0.1, -0.05) is 30.7 Å². The Bertz CT molecular complexity index is 909. The molecular formula is C22H23F3N2. The number of aryl methyl sites for hydroxylation is 1. The average molecular weight is 372 g/mol. The van der Waals surface area contributed by atoms with Crippen LogP contribution in [0.25, 0.3) is 10.9 Å². The van der Waals surface area contributed by atoms with Gasteiger partial charge in [0, 0.05) is 17.8 Å². The number of H-pyrrole nitrogens is 1. The van der Waals surface area contributed by atoms with Gasteiger partial charge in [0.25, 0.3) is 0 Å². The molecule has 0 radical (unpaired) electrons. The fraction of sp³-hybridized carbons (Fsp3) is 0.364. The number of rotatable bonds is 3. The molecular weight excluding hydrogens is 349 g/mol. The second-order valence-electron chi connectivity index (χ2n) is 7.43. The molecule has 27 heavy (non-hydrogen) atoms. The number of hydrogen-bond donors (Lipinski definition) is 1. The van der Waals surface area contributed by atoms with E-state index in [1.54, 1.807) is 13.0 Å². The van der Waals surface area contributed by atoms with Crippen LogP contribution in [0.4, 0.5) is 13.2 Å². The molecule has 4 rings (SSSR count). The number of likely N-dealkylation sites (tertiary alicyclic amines) is 1. The van der Waals surface area contributed by atoms with Gasteiger partial charge in [0.1, 0.15) is 0 Å². The number of piperidine rings is 1. The van der Waals surface area contributed by atoms with Gasteiger partial charge in [-0.15, -0.1) is 0 Å². The second kappa shape index (κ2) is 7.04. The number of aromatic nitrogens is 1. The van der Waals surface area contributed by atoms with E-state index in [0.717, 1.165) is 30.5 Å². The Morgan fingerprint density at radius 3 is 2.63 bits per heavy atom. The molecule has 142 valence electrons. The second-order valence-corrected chi connectivity index (χ2v) is 7.43. The highest BCUT2D eigenvalue weighted by molar-refractivity contribution is 5.80. The standard InChI is InChI=1S/C22H23F3N2/c1-15-12-18(22(23,24)25)10-9-17(15)14-27-11-5-4-8-21(27)20-13-16-6-2-3-7-19(16)26-20/h2-3,6-7,9-10,12-13,21,26H,4-5,8,11,14H2,1H3. The fourth-order valence-corrected chi connectivity index (χ4v) is 4.08. The van der Waals surface area contributed by atoms with Gasteiger partial charge in [-0.05, 0) is 67.1 Å². The first kappa shape index (κ1) is 18.1. The molecule has 1 aliphatic heterocycles. The first-order chi connectivity index (χ1) is 12.9. The maximum atomic E-state index is 12.9. The number of benzene rings is 2. The van der Waals surface area contributed by atoms with Crippen molar-refractivity contribution in [1.82, 2.24) is 9.88 Å². The largest absolute Gasteiger partial charge is 0.416 e. The molecule has 0 amide bonds. The summed E-state index contributed by atoms with van der Waals surface area (Å²) in [6.07, 6.45) is -0.938. The van der Waals surface area contributed by atoms with Crippen molar-refractivity contribution < 1.29 is 13.2 Å². The normalized spacial score (nSPS) is 18.9. The molecule has 5 heteroatoms. The van der Waals surface area contributed by atoms with Crippen molar-refractivity contribution in [3.05, 3.63) is 70.9 Å². The third kappa shape index (κ3) is 3.74. The van der Waals surface area contributed by atoms with Gasteiger partial charge in [-0.3, -0.25) is 4.90 Å². The SMILES string of the molecule is Cc1cc(C(F)(F)F)ccc1CN1CCCCC1c1cc2ccccc2[nH]1. The molecule has 1 unspecified atom stereocenters. The van der Waals surface area contributed by atoms with Gasteiger partial charge in [0.2, 0.25) is 0 Å². The Morgan fingerprint density at radius 1 is 1.07 bits per heavy atom. The highest BCUT2D eigenvalue weighted by Gasteiger charge is 2.31. The van der Waals surface area contributed by atoms with E-state index in [1.165, 1.54) is 29.6 Å². The molecule has 3 aromatic rings. The molecule has 2 aromatic carbocycles. The molecule has 0 spiro atoms. The quantitative estimate of drug-likeness (QED) is 0.578. The summed E-state index contributed by atoms with van der Waals surface area (Å²) in [6.45, 7) is 3.40. The molecule has 0 saturated carbocycles. The highest BCUT2D eigenvalue weighted by atomic mass is 19.4. The molecule has 1 atom stereocenters. The summed E-state index contributed by atoms with van der Waals surface area (Å²) in [4.78, 5) is 5.93. The maximum Gasteiger partial charge on any atom is 0.416 e. The number of fused-ring (bicyclic) bond motifs is 1. The summed E-state index contributed by atoms with van der Waals surface area (Å²) in [5.41, 5.74) is 3.41. The number of nitrogens with one attached hydrogen (secondary N) is 1. The summed E-state index contributed by atoms with van der Waals surface area (Å²) in [6, 6.07) is 14.8. The van der Waals surface area contributed by atoms with Crippen LogP contribution in [0.5, 0.6) is 0 Å². The summed E-state index contributed by atoms with van der Waals surface area (Å²) in [5.74, 6) is 0. The molecule has 0 bridgehead atoms. The third-order valence-electron chi connectivity index (χ3n) is 5.57. The Balaban J connectivity index is 1.60. The number of para-hydroxylation sites is 1. The Labute approximate surface area is 157 Å². The lowest BCUT2D eigenvalue weighted by Crippen LogP contribution is -2.33. The number of aromatic amines is 1. The number of alkyl halides is 3. The Kier molecular flexibility index (Phi) is 4.72. The van der Waals surface area contributed by atoms with E-state index in [2.05, 4.69) is 28.1 Å². The minimum absolute atomic E-state index is 0.271. The van der Waals surface area contributed by atoms with E-state index in [-0.39, 0.29) is 6.04 Å². The van der Waals surface area contributed by atoms with Crippen molar-refractivity contribution in [2.75, 3.05) is 6.54 Å². The van der Waals surface area contributed by atoms with Gasteiger partial charge >= 0.3 is 6.18 Å². The van der Waals surface area contributed by atoms with E-state index in [4.69, 9.17) is 0 Å². The molecule has 1 aliphatic rings. The van der Waals surface area contributed by atoms with Gasteiger partial charge in [0.15, 0.2) is 0 Å². The first-order valence-corrected chi connectivity index (χ1v) is 9.40. The van der Waals surface area contributed by atoms with Gasteiger partial charge in [-0.2, -0.15) is 13.2 Å². The van der Waals surface area contributed by atoms with Crippen LogP contribution in [0.15, 0.2) is 48.5 Å². The monoisotopic (exact) mass is 372 g/mol. The lowest BCUT2D eigenvalue weighted by Gasteiger charge is -2.35. The highest BCUT2D eigenvalue weighted by Crippen LogP contribution is 2.35. The van der Waals surface area contributed by atoms with Crippen LogP contribution in [0.2, 0.25) is 0 Å².